The van der Waals surface area contributed by atoms with Crippen LogP contribution in [0, 0.1) is 0 Å². The van der Waals surface area contributed by atoms with Crippen molar-refractivity contribution in [2.45, 2.75) is 17.8 Å². The first kappa shape index (κ1) is 7.02. The van der Waals surface area contributed by atoms with Gasteiger partial charge < -0.3 is 20.3 Å². The van der Waals surface area contributed by atoms with Gasteiger partial charge in [-0.05, 0) is 0 Å². The van der Waals surface area contributed by atoms with E-state index in [9.17, 15) is 15.0 Å². The molecule has 2 fully saturated rings. The van der Waals surface area contributed by atoms with Gasteiger partial charge in [-0.15, -0.1) is 0 Å². The van der Waals surface area contributed by atoms with Crippen LogP contribution in [-0.2, 0) is 9.53 Å². The SMILES string of the molecule is O=C1NC[C@H]2OC[C@]1(O)[C@@H]2O. The Bertz CT molecular complexity index is 207. The van der Waals surface area contributed by atoms with Gasteiger partial charge in [-0.3, -0.25) is 4.79 Å². The van der Waals surface area contributed by atoms with Gasteiger partial charge in [-0.1, -0.05) is 0 Å². The second kappa shape index (κ2) is 1.94. The molecule has 2 aliphatic heterocycles. The molecule has 0 spiro atoms. The quantitative estimate of drug-likeness (QED) is 0.368. The summed E-state index contributed by atoms with van der Waals surface area (Å²) in [6.45, 7) is 0.174. The Balaban J connectivity index is 2.33. The maximum absolute atomic E-state index is 11.0. The molecule has 5 nitrogen and oxygen atoms in total. The first-order valence-corrected chi connectivity index (χ1v) is 3.45. The molecule has 3 atom stereocenters. The number of aliphatic hydroxyl groups is 2. The molecule has 0 unspecified atom stereocenters. The van der Waals surface area contributed by atoms with Crippen molar-refractivity contribution in [3.8, 4) is 0 Å². The highest BCUT2D eigenvalue weighted by Gasteiger charge is 2.56. The van der Waals surface area contributed by atoms with E-state index in [1.807, 2.05) is 0 Å². The standard InChI is InChI=1S/C6H9NO4/c8-4-3-1-7-5(9)6(4,10)2-11-3/h3-4,8,10H,1-2H2,(H,7,9)/t3-,4-,6+/m1/s1. The molecule has 0 aliphatic carbocycles. The molecule has 0 aromatic carbocycles. The Morgan fingerprint density at radius 1 is 1.73 bits per heavy atom. The minimum Gasteiger partial charge on any atom is -0.387 e. The Labute approximate surface area is 63.0 Å². The zero-order valence-corrected chi connectivity index (χ0v) is 5.78. The maximum Gasteiger partial charge on any atom is 0.257 e. The summed E-state index contributed by atoms with van der Waals surface area (Å²) in [5, 5.41) is 21.2. The Morgan fingerprint density at radius 2 is 2.45 bits per heavy atom. The molecular formula is C6H9NO4. The van der Waals surface area contributed by atoms with E-state index in [0.717, 1.165) is 0 Å². The Morgan fingerprint density at radius 3 is 3.09 bits per heavy atom. The van der Waals surface area contributed by atoms with E-state index in [1.54, 1.807) is 0 Å². The monoisotopic (exact) mass is 159 g/mol. The van der Waals surface area contributed by atoms with Crippen molar-refractivity contribution in [3.05, 3.63) is 0 Å². The minimum atomic E-state index is -1.71. The van der Waals surface area contributed by atoms with Gasteiger partial charge in [-0.25, -0.2) is 0 Å². The van der Waals surface area contributed by atoms with Gasteiger partial charge in [0.05, 0.1) is 6.61 Å². The summed E-state index contributed by atoms with van der Waals surface area (Å²) in [6, 6.07) is 0. The van der Waals surface area contributed by atoms with E-state index < -0.39 is 23.7 Å². The molecule has 2 aliphatic rings. The molecule has 0 radical (unpaired) electrons. The van der Waals surface area contributed by atoms with Gasteiger partial charge in [-0.2, -0.15) is 0 Å². The van der Waals surface area contributed by atoms with Crippen LogP contribution in [0.1, 0.15) is 0 Å². The van der Waals surface area contributed by atoms with E-state index >= 15 is 0 Å². The lowest BCUT2D eigenvalue weighted by atomic mass is 9.92. The normalized spacial score (nSPS) is 49.1. The van der Waals surface area contributed by atoms with Crippen molar-refractivity contribution in [2.24, 2.45) is 0 Å². The van der Waals surface area contributed by atoms with Crippen LogP contribution in [0.15, 0.2) is 0 Å². The number of hydrogen-bond acceptors (Lipinski definition) is 4. The number of amides is 1. The van der Waals surface area contributed by atoms with Crippen molar-refractivity contribution in [1.82, 2.24) is 5.32 Å². The van der Waals surface area contributed by atoms with Gasteiger partial charge in [0.2, 0.25) is 0 Å². The van der Waals surface area contributed by atoms with E-state index in [4.69, 9.17) is 4.74 Å². The second-order valence-electron chi connectivity index (χ2n) is 2.93. The topological polar surface area (TPSA) is 78.8 Å². The molecule has 62 valence electrons. The molecule has 2 rings (SSSR count). The number of ether oxygens (including phenoxy) is 1. The number of piperidine rings is 1. The lowest BCUT2D eigenvalue weighted by molar-refractivity contribution is -0.151. The Hall–Kier alpha value is -0.650. The summed E-state index contributed by atoms with van der Waals surface area (Å²) in [4.78, 5) is 11.0. The Kier molecular flexibility index (Phi) is 1.24. The van der Waals surface area contributed by atoms with Crippen LogP contribution >= 0.6 is 0 Å². The van der Waals surface area contributed by atoms with Crippen LogP contribution in [-0.4, -0.2) is 47.1 Å². The molecule has 0 saturated carbocycles. The highest BCUT2D eigenvalue weighted by atomic mass is 16.5. The lowest BCUT2D eigenvalue weighted by Crippen LogP contribution is -2.61. The minimum absolute atomic E-state index is 0.106. The lowest BCUT2D eigenvalue weighted by Gasteiger charge is -2.29. The fourth-order valence-electron chi connectivity index (χ4n) is 1.43. The van der Waals surface area contributed by atoms with Crippen LogP contribution in [0.5, 0.6) is 0 Å². The van der Waals surface area contributed by atoms with E-state index in [0.29, 0.717) is 0 Å². The smallest absolute Gasteiger partial charge is 0.257 e. The molecule has 11 heavy (non-hydrogen) atoms. The average Bonchev–Trinajstić information content (AvgIpc) is 2.16. The zero-order valence-electron chi connectivity index (χ0n) is 5.78. The number of carbonyl (C=O) groups excluding carboxylic acids is 1. The summed E-state index contributed by atoms with van der Waals surface area (Å²) >= 11 is 0. The van der Waals surface area contributed by atoms with Crippen molar-refractivity contribution < 1.29 is 19.7 Å². The van der Waals surface area contributed by atoms with Crippen LogP contribution < -0.4 is 5.32 Å². The predicted molar refractivity (Wildman–Crippen MR) is 33.7 cm³/mol. The molecular weight excluding hydrogens is 150 g/mol. The van der Waals surface area contributed by atoms with Crippen molar-refractivity contribution in [2.75, 3.05) is 13.2 Å². The highest BCUT2D eigenvalue weighted by Crippen LogP contribution is 2.27. The largest absolute Gasteiger partial charge is 0.387 e. The second-order valence-corrected chi connectivity index (χ2v) is 2.93. The predicted octanol–water partition coefficient (Wildman–Crippen LogP) is -2.39. The van der Waals surface area contributed by atoms with Crippen LogP contribution in [0.2, 0.25) is 0 Å². The van der Waals surface area contributed by atoms with Gasteiger partial charge in [0.1, 0.15) is 12.2 Å². The summed E-state index contributed by atoms with van der Waals surface area (Å²) in [5.41, 5.74) is -1.71. The highest BCUT2D eigenvalue weighted by molar-refractivity contribution is 5.87. The molecule has 5 heteroatoms. The molecule has 2 saturated heterocycles. The number of fused-ring (bicyclic) bond motifs is 2. The molecule has 2 heterocycles. The van der Waals surface area contributed by atoms with E-state index in [2.05, 4.69) is 5.32 Å². The van der Waals surface area contributed by atoms with E-state index in [-0.39, 0.29) is 13.2 Å². The third-order valence-electron chi connectivity index (χ3n) is 2.22. The van der Waals surface area contributed by atoms with Gasteiger partial charge >= 0.3 is 0 Å². The van der Waals surface area contributed by atoms with E-state index in [1.165, 1.54) is 0 Å². The fourth-order valence-corrected chi connectivity index (χ4v) is 1.43. The van der Waals surface area contributed by atoms with Crippen molar-refractivity contribution in [3.63, 3.8) is 0 Å². The van der Waals surface area contributed by atoms with Gasteiger partial charge in [0.15, 0.2) is 5.60 Å². The molecule has 3 N–H and O–H groups in total. The van der Waals surface area contributed by atoms with Crippen molar-refractivity contribution in [1.29, 1.82) is 0 Å². The molecule has 0 aromatic heterocycles. The van der Waals surface area contributed by atoms with Gasteiger partial charge in [0, 0.05) is 6.54 Å². The first-order valence-electron chi connectivity index (χ1n) is 3.45. The number of hydrogen-bond donors (Lipinski definition) is 3. The molecule has 0 aromatic rings. The fraction of sp³-hybridized carbons (Fsp3) is 0.833. The van der Waals surface area contributed by atoms with Crippen LogP contribution in [0.25, 0.3) is 0 Å². The summed E-state index contributed by atoms with van der Waals surface area (Å²) < 4.78 is 4.98. The summed E-state index contributed by atoms with van der Waals surface area (Å²) in [5.74, 6) is -0.543. The number of nitrogens with one attached hydrogen (secondary N) is 1. The maximum atomic E-state index is 11.0. The molecule has 2 bridgehead atoms. The van der Waals surface area contributed by atoms with Gasteiger partial charge in [0.25, 0.3) is 5.91 Å². The average molecular weight is 159 g/mol. The zero-order chi connectivity index (χ0) is 8.06. The van der Waals surface area contributed by atoms with Crippen LogP contribution in [0.4, 0.5) is 0 Å². The van der Waals surface area contributed by atoms with Crippen LogP contribution in [0.3, 0.4) is 0 Å². The third-order valence-corrected chi connectivity index (χ3v) is 2.22. The molecule has 1 amide bonds. The first-order chi connectivity index (χ1) is 5.14. The number of carbonyl (C=O) groups is 1. The van der Waals surface area contributed by atoms with Crippen molar-refractivity contribution >= 4 is 5.91 Å². The summed E-state index contributed by atoms with van der Waals surface area (Å²) in [7, 11) is 0. The third kappa shape index (κ3) is 0.727. The number of rotatable bonds is 0. The number of aliphatic hydroxyl groups excluding tert-OH is 1. The summed E-state index contributed by atoms with van der Waals surface area (Å²) in [6.07, 6.45) is -1.52.